The van der Waals surface area contributed by atoms with Crippen LogP contribution in [0.25, 0.3) is 0 Å². The molecule has 2 N–H and O–H groups in total. The molecule has 88 valence electrons. The van der Waals surface area contributed by atoms with Gasteiger partial charge in [-0.1, -0.05) is 52.0 Å². The maximum atomic E-state index is 10.4. The van der Waals surface area contributed by atoms with Crippen LogP contribution in [0.15, 0.2) is 12.3 Å². The number of hydrogen-bond acceptors (Lipinski definition) is 2. The fourth-order valence-corrected chi connectivity index (χ4v) is 1.47. The lowest BCUT2D eigenvalue weighted by atomic mass is 10.1. The van der Waals surface area contributed by atoms with E-state index < -0.39 is 6.09 Å². The lowest BCUT2D eigenvalue weighted by Gasteiger charge is -2.04. The van der Waals surface area contributed by atoms with Crippen LogP contribution in [0.1, 0.15) is 58.3 Å². The Balaban J connectivity index is 3.16. The Bertz CT molecular complexity index is 190. The summed E-state index contributed by atoms with van der Waals surface area (Å²) in [7, 11) is 0. The quantitative estimate of drug-likeness (QED) is 0.468. The largest absolute Gasteiger partial charge is 0.416 e. The highest BCUT2D eigenvalue weighted by atomic mass is 16.5. The SMILES string of the molecule is C=C(CCCCCCCCC)OC(N)=O. The molecule has 0 rings (SSSR count). The number of carbonyl (C=O) groups is 1. The third kappa shape index (κ3) is 10.9. The Kier molecular flexibility index (Phi) is 8.93. The maximum Gasteiger partial charge on any atom is 0.409 e. The second kappa shape index (κ2) is 9.56. The van der Waals surface area contributed by atoms with E-state index in [1.165, 1.54) is 38.5 Å². The molecule has 3 nitrogen and oxygen atoms in total. The van der Waals surface area contributed by atoms with Gasteiger partial charge in [0.05, 0.1) is 0 Å². The second-order valence-electron chi connectivity index (χ2n) is 3.83. The molecule has 1 amide bonds. The molecule has 0 aromatic rings. The standard InChI is InChI=1S/C12H23NO2/c1-3-4-5-6-7-8-9-10-11(2)15-12(13)14/h2-10H2,1H3,(H2,13,14). The summed E-state index contributed by atoms with van der Waals surface area (Å²) in [6.07, 6.45) is 8.67. The fraction of sp³-hybridized carbons (Fsp3) is 0.750. The lowest BCUT2D eigenvalue weighted by Crippen LogP contribution is -2.12. The molecule has 0 radical (unpaired) electrons. The van der Waals surface area contributed by atoms with Gasteiger partial charge in [0.25, 0.3) is 0 Å². The minimum absolute atomic E-state index is 0.482. The maximum absolute atomic E-state index is 10.4. The number of rotatable bonds is 9. The predicted octanol–water partition coefficient (Wildman–Crippen LogP) is 3.74. The zero-order valence-electron chi connectivity index (χ0n) is 9.76. The molecule has 0 aliphatic carbocycles. The van der Waals surface area contributed by atoms with Crippen LogP contribution in [0, 0.1) is 0 Å². The topological polar surface area (TPSA) is 52.3 Å². The van der Waals surface area contributed by atoms with Gasteiger partial charge >= 0.3 is 6.09 Å². The van der Waals surface area contributed by atoms with Gasteiger partial charge in [0.15, 0.2) is 0 Å². The molecule has 0 unspecified atom stereocenters. The van der Waals surface area contributed by atoms with Crippen LogP contribution in [0.4, 0.5) is 4.79 Å². The number of unbranched alkanes of at least 4 members (excludes halogenated alkanes) is 6. The molecule has 0 aliphatic heterocycles. The number of allylic oxidation sites excluding steroid dienone is 1. The molecule has 0 atom stereocenters. The van der Waals surface area contributed by atoms with Crippen LogP contribution < -0.4 is 5.73 Å². The number of nitrogens with two attached hydrogens (primary N) is 1. The van der Waals surface area contributed by atoms with Crippen LogP contribution in [0.3, 0.4) is 0 Å². The molecule has 0 bridgehead atoms. The Morgan fingerprint density at radius 2 is 1.67 bits per heavy atom. The van der Waals surface area contributed by atoms with Crippen molar-refractivity contribution in [2.75, 3.05) is 0 Å². The summed E-state index contributed by atoms with van der Waals surface area (Å²) in [4.78, 5) is 10.4. The van der Waals surface area contributed by atoms with E-state index in [9.17, 15) is 4.79 Å². The fourth-order valence-electron chi connectivity index (χ4n) is 1.47. The van der Waals surface area contributed by atoms with E-state index in [1.54, 1.807) is 0 Å². The first kappa shape index (κ1) is 14.0. The monoisotopic (exact) mass is 213 g/mol. The first-order chi connectivity index (χ1) is 7.16. The number of amides is 1. The first-order valence-electron chi connectivity index (χ1n) is 5.82. The minimum Gasteiger partial charge on any atom is -0.416 e. The van der Waals surface area contributed by atoms with E-state index in [0.29, 0.717) is 5.76 Å². The zero-order valence-corrected chi connectivity index (χ0v) is 9.76. The van der Waals surface area contributed by atoms with Crippen molar-refractivity contribution in [1.29, 1.82) is 0 Å². The van der Waals surface area contributed by atoms with Crippen molar-refractivity contribution in [2.24, 2.45) is 5.73 Å². The Labute approximate surface area is 92.7 Å². The van der Waals surface area contributed by atoms with Gasteiger partial charge in [-0.2, -0.15) is 0 Å². The molecular formula is C12H23NO2. The number of carbonyl (C=O) groups excluding carboxylic acids is 1. The van der Waals surface area contributed by atoms with Crippen molar-refractivity contribution in [3.05, 3.63) is 12.3 Å². The first-order valence-corrected chi connectivity index (χ1v) is 5.82. The van der Waals surface area contributed by atoms with Gasteiger partial charge in [-0.3, -0.25) is 0 Å². The third-order valence-electron chi connectivity index (χ3n) is 2.30. The van der Waals surface area contributed by atoms with Gasteiger partial charge < -0.3 is 10.5 Å². The molecule has 3 heteroatoms. The van der Waals surface area contributed by atoms with E-state index in [1.807, 2.05) is 0 Å². The Morgan fingerprint density at radius 1 is 1.13 bits per heavy atom. The van der Waals surface area contributed by atoms with Crippen molar-refractivity contribution < 1.29 is 9.53 Å². The zero-order chi connectivity index (χ0) is 11.5. The molecule has 0 aliphatic rings. The number of ether oxygens (including phenoxy) is 1. The second-order valence-corrected chi connectivity index (χ2v) is 3.83. The molecule has 0 aromatic heterocycles. The molecule has 0 saturated heterocycles. The van der Waals surface area contributed by atoms with Crippen molar-refractivity contribution in [1.82, 2.24) is 0 Å². The summed E-state index contributed by atoms with van der Waals surface area (Å²) < 4.78 is 4.64. The number of hydrogen-bond donors (Lipinski definition) is 1. The summed E-state index contributed by atoms with van der Waals surface area (Å²) in [5.41, 5.74) is 4.86. The van der Waals surface area contributed by atoms with Crippen molar-refractivity contribution in [2.45, 2.75) is 58.3 Å². The summed E-state index contributed by atoms with van der Waals surface area (Å²) in [6.45, 7) is 5.83. The van der Waals surface area contributed by atoms with Crippen LogP contribution in [0.5, 0.6) is 0 Å². The molecule has 0 fully saturated rings. The van der Waals surface area contributed by atoms with Crippen molar-refractivity contribution in [3.8, 4) is 0 Å². The molecule has 15 heavy (non-hydrogen) atoms. The van der Waals surface area contributed by atoms with Crippen LogP contribution in [0.2, 0.25) is 0 Å². The molecule has 0 heterocycles. The van der Waals surface area contributed by atoms with Gasteiger partial charge in [-0.05, 0) is 6.42 Å². The predicted molar refractivity (Wildman–Crippen MR) is 62.4 cm³/mol. The van der Waals surface area contributed by atoms with E-state index in [4.69, 9.17) is 5.73 Å². The van der Waals surface area contributed by atoms with Gasteiger partial charge in [-0.15, -0.1) is 0 Å². The highest BCUT2D eigenvalue weighted by Gasteiger charge is 1.99. The Morgan fingerprint density at radius 3 is 2.20 bits per heavy atom. The van der Waals surface area contributed by atoms with Crippen molar-refractivity contribution >= 4 is 6.09 Å². The summed E-state index contributed by atoms with van der Waals surface area (Å²) in [5, 5.41) is 0. The van der Waals surface area contributed by atoms with E-state index in [0.717, 1.165) is 12.8 Å². The Hall–Kier alpha value is -0.990. The van der Waals surface area contributed by atoms with Crippen LogP contribution in [-0.2, 0) is 4.74 Å². The normalized spacial score (nSPS) is 9.93. The smallest absolute Gasteiger partial charge is 0.409 e. The van der Waals surface area contributed by atoms with E-state index >= 15 is 0 Å². The highest BCUT2D eigenvalue weighted by molar-refractivity contribution is 5.65. The molecule has 0 saturated carbocycles. The minimum atomic E-state index is -0.761. The summed E-state index contributed by atoms with van der Waals surface area (Å²) in [5.74, 6) is 0.482. The van der Waals surface area contributed by atoms with E-state index in [-0.39, 0.29) is 0 Å². The lowest BCUT2D eigenvalue weighted by molar-refractivity contribution is 0.183. The van der Waals surface area contributed by atoms with Crippen LogP contribution >= 0.6 is 0 Å². The molecule has 0 spiro atoms. The van der Waals surface area contributed by atoms with Crippen LogP contribution in [-0.4, -0.2) is 6.09 Å². The summed E-state index contributed by atoms with van der Waals surface area (Å²) >= 11 is 0. The third-order valence-corrected chi connectivity index (χ3v) is 2.30. The summed E-state index contributed by atoms with van der Waals surface area (Å²) in [6, 6.07) is 0. The molecular weight excluding hydrogens is 190 g/mol. The highest BCUT2D eigenvalue weighted by Crippen LogP contribution is 2.11. The average Bonchev–Trinajstić information content (AvgIpc) is 2.15. The van der Waals surface area contributed by atoms with Gasteiger partial charge in [0, 0.05) is 6.42 Å². The number of primary amides is 1. The van der Waals surface area contributed by atoms with Crippen molar-refractivity contribution in [3.63, 3.8) is 0 Å². The van der Waals surface area contributed by atoms with Gasteiger partial charge in [0.1, 0.15) is 5.76 Å². The van der Waals surface area contributed by atoms with Gasteiger partial charge in [-0.25, -0.2) is 4.79 Å². The average molecular weight is 213 g/mol. The van der Waals surface area contributed by atoms with E-state index in [2.05, 4.69) is 18.2 Å². The molecule has 0 aromatic carbocycles. The van der Waals surface area contributed by atoms with Gasteiger partial charge in [0.2, 0.25) is 0 Å².